The van der Waals surface area contributed by atoms with Crippen LogP contribution < -0.4 is 9.62 Å². The summed E-state index contributed by atoms with van der Waals surface area (Å²) in [6.45, 7) is 2.95. The van der Waals surface area contributed by atoms with Gasteiger partial charge in [0.25, 0.3) is 10.0 Å². The van der Waals surface area contributed by atoms with Gasteiger partial charge in [-0.05, 0) is 74.7 Å². The molecule has 0 bridgehead atoms. The summed E-state index contributed by atoms with van der Waals surface area (Å²) in [4.78, 5) is 28.7. The zero-order valence-electron chi connectivity index (χ0n) is 22.8. The maximum Gasteiger partial charge on any atom is 0.264 e. The van der Waals surface area contributed by atoms with Crippen LogP contribution in [0.15, 0.2) is 71.6 Å². The molecule has 11 heteroatoms. The van der Waals surface area contributed by atoms with Crippen LogP contribution in [-0.4, -0.2) is 43.8 Å². The van der Waals surface area contributed by atoms with E-state index in [0.717, 1.165) is 41.1 Å². The van der Waals surface area contributed by atoms with Crippen molar-refractivity contribution in [3.05, 3.63) is 92.9 Å². The van der Waals surface area contributed by atoms with Gasteiger partial charge in [0.1, 0.15) is 12.6 Å². The number of nitrogens with zero attached hydrogens (tertiary/aromatic N) is 2. The number of anilines is 1. The van der Waals surface area contributed by atoms with Gasteiger partial charge in [0.05, 0.1) is 15.6 Å². The van der Waals surface area contributed by atoms with Crippen molar-refractivity contribution in [1.82, 2.24) is 10.2 Å². The lowest BCUT2D eigenvalue weighted by Crippen LogP contribution is -2.52. The van der Waals surface area contributed by atoms with Crippen LogP contribution in [0.1, 0.15) is 43.7 Å². The maximum absolute atomic E-state index is 14.0. The normalized spacial score (nSPS) is 14.5. The Morgan fingerprint density at radius 2 is 1.54 bits per heavy atom. The van der Waals surface area contributed by atoms with E-state index in [1.807, 2.05) is 6.92 Å². The number of carbonyl (C=O) groups is 2. The largest absolute Gasteiger partial charge is 0.352 e. The number of halogens is 3. The summed E-state index contributed by atoms with van der Waals surface area (Å²) in [7, 11) is -4.26. The van der Waals surface area contributed by atoms with Crippen molar-refractivity contribution in [2.45, 2.75) is 63.1 Å². The molecular formula is C30H32Cl3N3O4S. The number of hydrogen-bond acceptors (Lipinski definition) is 4. The van der Waals surface area contributed by atoms with Crippen molar-refractivity contribution in [2.24, 2.45) is 0 Å². The standard InChI is InChI=1S/C30H32Cl3N3O4S/c1-20-7-14-26(15-8-20)41(39,40)36(28-17-24(32)13-16-27(28)33)19-29(37)35(18-22-9-11-23(31)12-10-22)21(2)30(38)34-25-5-3-4-6-25/h7-17,21,25H,3-6,18-19H2,1-2H3,(H,34,38)/t21-/m1/s1. The predicted molar refractivity (Wildman–Crippen MR) is 164 cm³/mol. The van der Waals surface area contributed by atoms with E-state index in [1.54, 1.807) is 43.3 Å². The summed E-state index contributed by atoms with van der Waals surface area (Å²) in [6, 6.07) is 16.8. The second-order valence-electron chi connectivity index (χ2n) is 10.2. The van der Waals surface area contributed by atoms with Gasteiger partial charge in [0, 0.05) is 22.6 Å². The van der Waals surface area contributed by atoms with Gasteiger partial charge in [-0.2, -0.15) is 0 Å². The van der Waals surface area contributed by atoms with Crippen LogP contribution in [0.25, 0.3) is 0 Å². The van der Waals surface area contributed by atoms with Crippen molar-refractivity contribution in [2.75, 3.05) is 10.8 Å². The second kappa shape index (κ2) is 13.5. The van der Waals surface area contributed by atoms with Gasteiger partial charge < -0.3 is 10.2 Å². The highest BCUT2D eigenvalue weighted by molar-refractivity contribution is 7.92. The van der Waals surface area contributed by atoms with Gasteiger partial charge in [-0.1, -0.05) is 77.5 Å². The Labute approximate surface area is 256 Å². The van der Waals surface area contributed by atoms with E-state index in [9.17, 15) is 18.0 Å². The molecule has 1 aliphatic rings. The fourth-order valence-corrected chi connectivity index (χ4v) is 6.78. The van der Waals surface area contributed by atoms with E-state index in [0.29, 0.717) is 5.02 Å². The van der Waals surface area contributed by atoms with Crippen LogP contribution in [0.4, 0.5) is 5.69 Å². The molecule has 1 aliphatic carbocycles. The first-order valence-corrected chi connectivity index (χ1v) is 15.9. The van der Waals surface area contributed by atoms with Crippen molar-refractivity contribution >= 4 is 62.3 Å². The number of sulfonamides is 1. The molecule has 7 nitrogen and oxygen atoms in total. The number of rotatable bonds is 10. The highest BCUT2D eigenvalue weighted by atomic mass is 35.5. The number of amides is 2. The fourth-order valence-electron chi connectivity index (χ4n) is 4.79. The van der Waals surface area contributed by atoms with E-state index in [-0.39, 0.29) is 39.1 Å². The topological polar surface area (TPSA) is 86.8 Å². The quantitative estimate of drug-likeness (QED) is 0.271. The molecule has 1 fully saturated rings. The third-order valence-electron chi connectivity index (χ3n) is 7.20. The Kier molecular flexibility index (Phi) is 10.2. The fraction of sp³-hybridized carbons (Fsp3) is 0.333. The third kappa shape index (κ3) is 7.74. The third-order valence-corrected chi connectivity index (χ3v) is 9.78. The molecule has 1 N–H and O–H groups in total. The smallest absolute Gasteiger partial charge is 0.264 e. The summed E-state index contributed by atoms with van der Waals surface area (Å²) in [5.41, 5.74) is 1.67. The molecule has 1 saturated carbocycles. The SMILES string of the molecule is Cc1ccc(S(=O)(=O)N(CC(=O)N(Cc2ccc(Cl)cc2)[C@H](C)C(=O)NC2CCCC2)c2cc(Cl)ccc2Cl)cc1. The molecule has 0 radical (unpaired) electrons. The average Bonchev–Trinajstić information content (AvgIpc) is 3.45. The number of hydrogen-bond donors (Lipinski definition) is 1. The number of carbonyl (C=O) groups excluding carboxylic acids is 2. The summed E-state index contributed by atoms with van der Waals surface area (Å²) < 4.78 is 28.9. The van der Waals surface area contributed by atoms with E-state index >= 15 is 0 Å². The Hall–Kier alpha value is -2.78. The van der Waals surface area contributed by atoms with Crippen LogP contribution in [-0.2, 0) is 26.2 Å². The van der Waals surface area contributed by atoms with Crippen LogP contribution in [0.5, 0.6) is 0 Å². The van der Waals surface area contributed by atoms with E-state index in [4.69, 9.17) is 34.8 Å². The Bertz CT molecular complexity index is 1490. The van der Waals surface area contributed by atoms with Crippen LogP contribution in [0, 0.1) is 6.92 Å². The Balaban J connectivity index is 1.71. The van der Waals surface area contributed by atoms with Crippen molar-refractivity contribution in [3.63, 3.8) is 0 Å². The van der Waals surface area contributed by atoms with E-state index in [2.05, 4.69) is 5.32 Å². The summed E-state index contributed by atoms with van der Waals surface area (Å²) in [5, 5.41) is 3.94. The van der Waals surface area contributed by atoms with Crippen molar-refractivity contribution in [3.8, 4) is 0 Å². The minimum absolute atomic E-state index is 0.0109. The first kappa shape index (κ1) is 31.2. The van der Waals surface area contributed by atoms with Crippen LogP contribution in [0.3, 0.4) is 0 Å². The minimum atomic E-state index is -4.26. The Morgan fingerprint density at radius 3 is 2.17 bits per heavy atom. The molecule has 0 aliphatic heterocycles. The molecule has 1 atom stereocenters. The zero-order chi connectivity index (χ0) is 29.7. The van der Waals surface area contributed by atoms with Crippen LogP contribution in [0.2, 0.25) is 15.1 Å². The van der Waals surface area contributed by atoms with Crippen molar-refractivity contribution in [1.29, 1.82) is 0 Å². The zero-order valence-corrected chi connectivity index (χ0v) is 25.9. The lowest BCUT2D eigenvalue weighted by atomic mass is 10.1. The highest BCUT2D eigenvalue weighted by Gasteiger charge is 2.34. The number of aryl methyl sites for hydroxylation is 1. The van der Waals surface area contributed by atoms with Gasteiger partial charge in [-0.3, -0.25) is 13.9 Å². The predicted octanol–water partition coefficient (Wildman–Crippen LogP) is 6.63. The summed E-state index contributed by atoms with van der Waals surface area (Å²) >= 11 is 18.7. The average molecular weight is 637 g/mol. The monoisotopic (exact) mass is 635 g/mol. The van der Waals surface area contributed by atoms with Gasteiger partial charge in [-0.15, -0.1) is 0 Å². The summed E-state index contributed by atoms with van der Waals surface area (Å²) in [6.07, 6.45) is 3.86. The molecule has 4 rings (SSSR count). The van der Waals surface area contributed by atoms with E-state index < -0.39 is 28.5 Å². The van der Waals surface area contributed by atoms with Gasteiger partial charge >= 0.3 is 0 Å². The Morgan fingerprint density at radius 1 is 0.927 bits per heavy atom. The summed E-state index contributed by atoms with van der Waals surface area (Å²) in [5.74, 6) is -0.881. The molecule has 218 valence electrons. The lowest BCUT2D eigenvalue weighted by molar-refractivity contribution is -0.139. The molecule has 3 aromatic carbocycles. The van der Waals surface area contributed by atoms with Crippen LogP contribution >= 0.6 is 34.8 Å². The second-order valence-corrected chi connectivity index (χ2v) is 13.4. The highest BCUT2D eigenvalue weighted by Crippen LogP contribution is 2.33. The molecule has 0 saturated heterocycles. The molecule has 0 aromatic heterocycles. The van der Waals surface area contributed by atoms with Gasteiger partial charge in [0.15, 0.2) is 0 Å². The molecular weight excluding hydrogens is 605 g/mol. The first-order valence-electron chi connectivity index (χ1n) is 13.3. The molecule has 0 heterocycles. The number of benzene rings is 3. The molecule has 0 unspecified atom stereocenters. The van der Waals surface area contributed by atoms with Crippen molar-refractivity contribution < 1.29 is 18.0 Å². The van der Waals surface area contributed by atoms with E-state index in [1.165, 1.54) is 35.2 Å². The molecule has 0 spiro atoms. The van der Waals surface area contributed by atoms with Gasteiger partial charge in [-0.25, -0.2) is 8.42 Å². The lowest BCUT2D eigenvalue weighted by Gasteiger charge is -2.32. The molecule has 2 amide bonds. The molecule has 3 aromatic rings. The molecule has 41 heavy (non-hydrogen) atoms. The first-order chi connectivity index (χ1) is 19.5. The number of nitrogens with one attached hydrogen (secondary N) is 1. The minimum Gasteiger partial charge on any atom is -0.352 e. The van der Waals surface area contributed by atoms with Gasteiger partial charge in [0.2, 0.25) is 11.8 Å². The maximum atomic E-state index is 14.0.